The summed E-state index contributed by atoms with van der Waals surface area (Å²) in [5, 5.41) is 2.97. The van der Waals surface area contributed by atoms with E-state index in [0.29, 0.717) is 60.9 Å². The van der Waals surface area contributed by atoms with Crippen LogP contribution < -0.4 is 11.1 Å². The Labute approximate surface area is 271 Å². The third-order valence-corrected chi connectivity index (χ3v) is 8.09. The van der Waals surface area contributed by atoms with Crippen molar-refractivity contribution >= 4 is 63.8 Å². The van der Waals surface area contributed by atoms with Crippen LogP contribution in [0.2, 0.25) is 0 Å². The summed E-state index contributed by atoms with van der Waals surface area (Å²) in [6, 6.07) is 20.6. The molecule has 5 rings (SSSR count). The van der Waals surface area contributed by atoms with Crippen molar-refractivity contribution in [1.29, 1.82) is 0 Å². The first kappa shape index (κ1) is 31.2. The van der Waals surface area contributed by atoms with E-state index in [9.17, 15) is 14.4 Å². The van der Waals surface area contributed by atoms with Crippen molar-refractivity contribution in [2.75, 3.05) is 29.4 Å². The van der Waals surface area contributed by atoms with E-state index < -0.39 is 0 Å². The van der Waals surface area contributed by atoms with Crippen LogP contribution in [-0.2, 0) is 29.1 Å². The lowest BCUT2D eigenvalue weighted by atomic mass is 9.99. The highest BCUT2D eigenvalue weighted by Crippen LogP contribution is 2.29. The lowest BCUT2D eigenvalue weighted by Crippen LogP contribution is -2.36. The lowest BCUT2D eigenvalue weighted by molar-refractivity contribution is -0.126. The Bertz CT molecular complexity index is 1600. The molecule has 2 aliphatic rings. The number of halogens is 1. The number of nitrogens with one attached hydrogen (secondary N) is 1. The Morgan fingerprint density at radius 2 is 1.86 bits per heavy atom. The number of rotatable bonds is 9. The van der Waals surface area contributed by atoms with Gasteiger partial charge in [0.05, 0.1) is 5.69 Å². The predicted molar refractivity (Wildman–Crippen MR) is 181 cm³/mol. The van der Waals surface area contributed by atoms with E-state index in [1.54, 1.807) is 23.1 Å². The molecule has 3 aromatic carbocycles. The average molecular weight is 706 g/mol. The number of hydrogen-bond donors (Lipinski definition) is 2. The van der Waals surface area contributed by atoms with Crippen LogP contribution >= 0.6 is 22.6 Å². The first-order valence-electron chi connectivity index (χ1n) is 14.8. The van der Waals surface area contributed by atoms with Crippen LogP contribution in [0.4, 0.5) is 16.2 Å². The molecule has 10 heteroatoms. The first-order chi connectivity index (χ1) is 21.3. The summed E-state index contributed by atoms with van der Waals surface area (Å²) in [6.07, 6.45) is 3.31. The van der Waals surface area contributed by atoms with Gasteiger partial charge < -0.3 is 25.6 Å². The molecule has 0 spiro atoms. The molecule has 44 heavy (non-hydrogen) atoms. The highest BCUT2D eigenvalue weighted by molar-refractivity contribution is 14.1. The van der Waals surface area contributed by atoms with Crippen LogP contribution in [-0.4, -0.2) is 57.6 Å². The maximum absolute atomic E-state index is 13.3. The summed E-state index contributed by atoms with van der Waals surface area (Å²) in [6.45, 7) is 4.60. The fourth-order valence-electron chi connectivity index (χ4n) is 5.36. The van der Waals surface area contributed by atoms with Crippen molar-refractivity contribution in [3.05, 3.63) is 100 Å². The number of amidine groups is 1. The number of hydrogen-bond acceptors (Lipinski definition) is 6. The van der Waals surface area contributed by atoms with Crippen molar-refractivity contribution in [2.45, 2.75) is 39.3 Å². The van der Waals surface area contributed by atoms with Gasteiger partial charge in [-0.25, -0.2) is 9.79 Å². The minimum atomic E-state index is -0.360. The van der Waals surface area contributed by atoms with E-state index in [4.69, 9.17) is 10.5 Å². The fraction of sp³-hybridized carbons (Fsp3) is 0.294. The van der Waals surface area contributed by atoms with Gasteiger partial charge in [-0.2, -0.15) is 0 Å². The molecule has 228 valence electrons. The standard InChI is InChI=1S/C34H36IN5O4/c1-2-14-39(16-13-35)33(42)27-17-25-8-9-26(19-30(25)38-31(36)20-27)32(41)37-29-11-10-24-12-15-40(21-28(24)18-29)34(43)44-22-23-6-4-3-5-7-23/h3-11,17-19H,2,12-16,20-22H2,1H3,(H2,36,38)(H,37,41). The third-order valence-electron chi connectivity index (χ3n) is 7.61. The molecule has 2 aliphatic heterocycles. The molecule has 0 radical (unpaired) electrons. The van der Waals surface area contributed by atoms with Gasteiger partial charge in [0.25, 0.3) is 5.91 Å². The largest absolute Gasteiger partial charge is 0.445 e. The molecular formula is C34H36IN5O4. The van der Waals surface area contributed by atoms with Gasteiger partial charge in [-0.1, -0.05) is 72.0 Å². The number of alkyl halides is 1. The number of nitrogens with zero attached hydrogens (tertiary/aromatic N) is 3. The molecule has 2 heterocycles. The number of carbonyl (C=O) groups is 3. The number of amides is 3. The number of benzene rings is 3. The number of anilines is 1. The Morgan fingerprint density at radius 3 is 2.64 bits per heavy atom. The van der Waals surface area contributed by atoms with E-state index in [1.807, 2.05) is 59.5 Å². The second-order valence-corrected chi connectivity index (χ2v) is 11.9. The van der Waals surface area contributed by atoms with Gasteiger partial charge in [0.2, 0.25) is 5.91 Å². The number of aliphatic imine (C=N–C) groups is 1. The second kappa shape index (κ2) is 14.5. The van der Waals surface area contributed by atoms with Crippen molar-refractivity contribution in [2.24, 2.45) is 10.7 Å². The molecule has 0 aliphatic carbocycles. The maximum atomic E-state index is 13.3. The molecule has 3 amide bonds. The molecule has 0 aromatic heterocycles. The van der Waals surface area contributed by atoms with E-state index >= 15 is 0 Å². The monoisotopic (exact) mass is 705 g/mol. The third kappa shape index (κ3) is 7.65. The molecule has 0 fully saturated rings. The zero-order chi connectivity index (χ0) is 31.1. The maximum Gasteiger partial charge on any atom is 0.410 e. The van der Waals surface area contributed by atoms with Crippen LogP contribution in [0.1, 0.15) is 52.4 Å². The minimum absolute atomic E-state index is 0.0354. The summed E-state index contributed by atoms with van der Waals surface area (Å²) >= 11 is 2.27. The first-order valence-corrected chi connectivity index (χ1v) is 16.3. The summed E-state index contributed by atoms with van der Waals surface area (Å²) in [5.74, 6) is -0.00251. The highest BCUT2D eigenvalue weighted by Gasteiger charge is 2.24. The zero-order valence-corrected chi connectivity index (χ0v) is 26.9. The smallest absolute Gasteiger partial charge is 0.410 e. The molecule has 0 unspecified atom stereocenters. The van der Waals surface area contributed by atoms with Gasteiger partial charge in [-0.15, -0.1) is 0 Å². The van der Waals surface area contributed by atoms with Gasteiger partial charge in [0.15, 0.2) is 0 Å². The number of carbonyl (C=O) groups excluding carboxylic acids is 3. The van der Waals surface area contributed by atoms with E-state index in [2.05, 4.69) is 39.8 Å². The zero-order valence-electron chi connectivity index (χ0n) is 24.7. The van der Waals surface area contributed by atoms with Crippen molar-refractivity contribution < 1.29 is 19.1 Å². The van der Waals surface area contributed by atoms with Gasteiger partial charge >= 0.3 is 6.09 Å². The number of fused-ring (bicyclic) bond motifs is 2. The summed E-state index contributed by atoms with van der Waals surface area (Å²) in [4.78, 5) is 47.3. The summed E-state index contributed by atoms with van der Waals surface area (Å²) in [7, 11) is 0. The average Bonchev–Trinajstić information content (AvgIpc) is 3.20. The molecule has 3 N–H and O–H groups in total. The van der Waals surface area contributed by atoms with Crippen molar-refractivity contribution in [3.63, 3.8) is 0 Å². The molecular weight excluding hydrogens is 669 g/mol. The Hall–Kier alpha value is -4.19. The second-order valence-electron chi connectivity index (χ2n) is 10.9. The molecule has 0 saturated heterocycles. The molecule has 0 atom stereocenters. The molecule has 0 saturated carbocycles. The lowest BCUT2D eigenvalue weighted by Gasteiger charge is -2.28. The van der Waals surface area contributed by atoms with Gasteiger partial charge in [0, 0.05) is 59.4 Å². The van der Waals surface area contributed by atoms with E-state index in [0.717, 1.165) is 33.1 Å². The quantitative estimate of drug-likeness (QED) is 0.207. The molecule has 3 aromatic rings. The van der Waals surface area contributed by atoms with Crippen molar-refractivity contribution in [3.8, 4) is 0 Å². The van der Waals surface area contributed by atoms with Gasteiger partial charge in [-0.3, -0.25) is 9.59 Å². The number of nitrogens with two attached hydrogens (primary N) is 1. The predicted octanol–water partition coefficient (Wildman–Crippen LogP) is 6.08. The minimum Gasteiger partial charge on any atom is -0.445 e. The van der Waals surface area contributed by atoms with Crippen LogP contribution in [0.5, 0.6) is 0 Å². The van der Waals surface area contributed by atoms with Crippen LogP contribution in [0, 0.1) is 0 Å². The summed E-state index contributed by atoms with van der Waals surface area (Å²) < 4.78 is 6.37. The van der Waals surface area contributed by atoms with Crippen LogP contribution in [0.15, 0.2) is 77.3 Å². The van der Waals surface area contributed by atoms with Gasteiger partial charge in [-0.05, 0) is 59.9 Å². The Morgan fingerprint density at radius 1 is 1.05 bits per heavy atom. The normalized spacial score (nSPS) is 13.9. The van der Waals surface area contributed by atoms with Crippen molar-refractivity contribution in [1.82, 2.24) is 9.80 Å². The molecule has 0 bridgehead atoms. The van der Waals surface area contributed by atoms with E-state index in [1.165, 1.54) is 0 Å². The Balaban J connectivity index is 1.27. The highest BCUT2D eigenvalue weighted by atomic mass is 127. The molecule has 9 nitrogen and oxygen atoms in total. The SMILES string of the molecule is CCCN(CCI)C(=O)C1=Cc2ccc(C(=O)Nc3ccc4c(c3)CN(C(=O)OCc3ccccc3)CC4)cc2N=C(N)C1. The van der Waals surface area contributed by atoms with Crippen LogP contribution in [0.25, 0.3) is 6.08 Å². The Kier molecular flexibility index (Phi) is 10.3. The van der Waals surface area contributed by atoms with Gasteiger partial charge in [0.1, 0.15) is 12.4 Å². The van der Waals surface area contributed by atoms with E-state index in [-0.39, 0.29) is 30.9 Å². The summed E-state index contributed by atoms with van der Waals surface area (Å²) in [5.41, 5.74) is 12.2. The topological polar surface area (TPSA) is 117 Å². The van der Waals surface area contributed by atoms with Crippen LogP contribution in [0.3, 0.4) is 0 Å². The fourth-order valence-corrected chi connectivity index (χ4v) is 5.95. The number of ether oxygens (including phenoxy) is 1.